The molecular formula is C17H22N2. The van der Waals surface area contributed by atoms with E-state index in [9.17, 15) is 0 Å². The minimum absolute atomic E-state index is 0.442. The monoisotopic (exact) mass is 254 g/mol. The highest BCUT2D eigenvalue weighted by Gasteiger charge is 2.07. The summed E-state index contributed by atoms with van der Waals surface area (Å²) < 4.78 is 0. The topological polar surface area (TPSA) is 24.9 Å². The van der Waals surface area contributed by atoms with Crippen LogP contribution >= 0.6 is 0 Å². The Kier molecular flexibility index (Phi) is 5.10. The van der Waals surface area contributed by atoms with Crippen LogP contribution in [0.4, 0.5) is 0 Å². The summed E-state index contributed by atoms with van der Waals surface area (Å²) in [6.07, 6.45) is 5.89. The Balaban J connectivity index is 1.87. The molecule has 1 N–H and O–H groups in total. The molecule has 0 aliphatic heterocycles. The number of hydrogen-bond acceptors (Lipinski definition) is 2. The molecule has 19 heavy (non-hydrogen) atoms. The number of rotatable bonds is 6. The summed E-state index contributed by atoms with van der Waals surface area (Å²) in [6, 6.07) is 13.4. The molecule has 0 spiro atoms. The maximum atomic E-state index is 4.14. The van der Waals surface area contributed by atoms with Gasteiger partial charge in [0.2, 0.25) is 0 Å². The van der Waals surface area contributed by atoms with Crippen molar-refractivity contribution in [1.29, 1.82) is 0 Å². The minimum atomic E-state index is 0.442. The molecular weight excluding hydrogens is 232 g/mol. The van der Waals surface area contributed by atoms with Crippen molar-refractivity contribution in [2.45, 2.75) is 32.7 Å². The highest BCUT2D eigenvalue weighted by molar-refractivity contribution is 5.24. The predicted octanol–water partition coefficient (Wildman–Crippen LogP) is 3.67. The highest BCUT2D eigenvalue weighted by Crippen LogP contribution is 2.16. The van der Waals surface area contributed by atoms with Gasteiger partial charge in [0.25, 0.3) is 0 Å². The molecule has 2 rings (SSSR count). The Hall–Kier alpha value is -1.67. The second kappa shape index (κ2) is 7.05. The van der Waals surface area contributed by atoms with Gasteiger partial charge in [0.1, 0.15) is 0 Å². The number of hydrogen-bond donors (Lipinski definition) is 1. The van der Waals surface area contributed by atoms with Gasteiger partial charge in [0.05, 0.1) is 0 Å². The summed E-state index contributed by atoms with van der Waals surface area (Å²) in [6.45, 7) is 5.33. The Labute approximate surface area is 115 Å². The maximum absolute atomic E-state index is 4.14. The van der Waals surface area contributed by atoms with Crippen LogP contribution in [0.25, 0.3) is 0 Å². The van der Waals surface area contributed by atoms with Crippen molar-refractivity contribution in [2.75, 3.05) is 6.54 Å². The first-order valence-corrected chi connectivity index (χ1v) is 6.98. The van der Waals surface area contributed by atoms with Crippen LogP contribution in [-0.4, -0.2) is 11.5 Å². The molecule has 0 aliphatic carbocycles. The average Bonchev–Trinajstić information content (AvgIpc) is 2.46. The quantitative estimate of drug-likeness (QED) is 0.850. The summed E-state index contributed by atoms with van der Waals surface area (Å²) in [5.41, 5.74) is 3.97. The van der Waals surface area contributed by atoms with Gasteiger partial charge in [-0.2, -0.15) is 0 Å². The van der Waals surface area contributed by atoms with Gasteiger partial charge < -0.3 is 5.32 Å². The first-order valence-electron chi connectivity index (χ1n) is 6.98. The van der Waals surface area contributed by atoms with Gasteiger partial charge in [-0.15, -0.1) is 0 Å². The van der Waals surface area contributed by atoms with Crippen molar-refractivity contribution in [3.05, 3.63) is 65.5 Å². The standard InChI is InChI=1S/C17H22N2/c1-3-17(16-8-6-14(2)7-9-16)19-12-10-15-5-4-11-18-13-15/h4-9,11,13,17,19H,3,10,12H2,1-2H3. The molecule has 2 aromatic rings. The molecule has 2 nitrogen and oxygen atoms in total. The smallest absolute Gasteiger partial charge is 0.0317 e. The number of pyridine rings is 1. The minimum Gasteiger partial charge on any atom is -0.310 e. The average molecular weight is 254 g/mol. The molecule has 1 heterocycles. The lowest BCUT2D eigenvalue weighted by molar-refractivity contribution is 0.522. The van der Waals surface area contributed by atoms with Crippen LogP contribution in [0, 0.1) is 6.92 Å². The van der Waals surface area contributed by atoms with Crippen LogP contribution in [0.1, 0.15) is 36.1 Å². The second-order valence-electron chi connectivity index (χ2n) is 4.94. The van der Waals surface area contributed by atoms with E-state index in [4.69, 9.17) is 0 Å². The Morgan fingerprint density at radius 3 is 2.58 bits per heavy atom. The molecule has 0 saturated heterocycles. The number of aryl methyl sites for hydroxylation is 1. The predicted molar refractivity (Wildman–Crippen MR) is 80.2 cm³/mol. The summed E-state index contributed by atoms with van der Waals surface area (Å²) in [5.74, 6) is 0. The fraction of sp³-hybridized carbons (Fsp3) is 0.353. The molecule has 1 aromatic carbocycles. The summed E-state index contributed by atoms with van der Waals surface area (Å²) in [4.78, 5) is 4.14. The van der Waals surface area contributed by atoms with Crippen molar-refractivity contribution in [3.8, 4) is 0 Å². The van der Waals surface area contributed by atoms with E-state index < -0.39 is 0 Å². The number of aromatic nitrogens is 1. The molecule has 0 fully saturated rings. The lowest BCUT2D eigenvalue weighted by atomic mass is 10.0. The number of nitrogens with one attached hydrogen (secondary N) is 1. The van der Waals surface area contributed by atoms with Crippen LogP contribution in [0.2, 0.25) is 0 Å². The van der Waals surface area contributed by atoms with E-state index in [1.54, 1.807) is 0 Å². The fourth-order valence-electron chi connectivity index (χ4n) is 2.23. The zero-order chi connectivity index (χ0) is 13.5. The number of nitrogens with zero attached hydrogens (tertiary/aromatic N) is 1. The van der Waals surface area contributed by atoms with Crippen LogP contribution in [-0.2, 0) is 6.42 Å². The molecule has 0 saturated carbocycles. The van der Waals surface area contributed by atoms with E-state index in [2.05, 4.69) is 54.5 Å². The van der Waals surface area contributed by atoms with Gasteiger partial charge >= 0.3 is 0 Å². The van der Waals surface area contributed by atoms with Gasteiger partial charge in [-0.3, -0.25) is 4.98 Å². The summed E-state index contributed by atoms with van der Waals surface area (Å²) >= 11 is 0. The van der Waals surface area contributed by atoms with Crippen molar-refractivity contribution >= 4 is 0 Å². The molecule has 0 radical (unpaired) electrons. The van der Waals surface area contributed by atoms with E-state index in [-0.39, 0.29) is 0 Å². The summed E-state index contributed by atoms with van der Waals surface area (Å²) in [5, 5.41) is 3.63. The van der Waals surface area contributed by atoms with Gasteiger partial charge in [0, 0.05) is 18.4 Å². The molecule has 0 amide bonds. The lowest BCUT2D eigenvalue weighted by Gasteiger charge is -2.17. The van der Waals surface area contributed by atoms with Crippen LogP contribution in [0.15, 0.2) is 48.8 Å². The van der Waals surface area contributed by atoms with Gasteiger partial charge in [-0.1, -0.05) is 42.8 Å². The maximum Gasteiger partial charge on any atom is 0.0317 e. The summed E-state index contributed by atoms with van der Waals surface area (Å²) in [7, 11) is 0. The molecule has 0 aliphatic rings. The van der Waals surface area contributed by atoms with E-state index in [0.717, 1.165) is 19.4 Å². The number of benzene rings is 1. The Morgan fingerprint density at radius 2 is 1.95 bits per heavy atom. The first-order chi connectivity index (χ1) is 9.29. The van der Waals surface area contributed by atoms with E-state index in [1.807, 2.05) is 18.5 Å². The SMILES string of the molecule is CCC(NCCc1cccnc1)c1ccc(C)cc1. The molecule has 100 valence electrons. The van der Waals surface area contributed by atoms with Crippen molar-refractivity contribution < 1.29 is 0 Å². The molecule has 0 bridgehead atoms. The van der Waals surface area contributed by atoms with Crippen molar-refractivity contribution in [2.24, 2.45) is 0 Å². The van der Waals surface area contributed by atoms with E-state index in [1.165, 1.54) is 16.7 Å². The zero-order valence-corrected chi connectivity index (χ0v) is 11.8. The second-order valence-corrected chi connectivity index (χ2v) is 4.94. The fourth-order valence-corrected chi connectivity index (χ4v) is 2.23. The van der Waals surface area contributed by atoms with Gasteiger partial charge in [-0.05, 0) is 43.5 Å². The van der Waals surface area contributed by atoms with Gasteiger partial charge in [0.15, 0.2) is 0 Å². The third-order valence-electron chi connectivity index (χ3n) is 3.42. The normalized spacial score (nSPS) is 12.3. The van der Waals surface area contributed by atoms with E-state index >= 15 is 0 Å². The molecule has 1 atom stereocenters. The van der Waals surface area contributed by atoms with Crippen molar-refractivity contribution in [3.63, 3.8) is 0 Å². The van der Waals surface area contributed by atoms with Crippen LogP contribution < -0.4 is 5.32 Å². The largest absolute Gasteiger partial charge is 0.310 e. The zero-order valence-electron chi connectivity index (χ0n) is 11.8. The molecule has 1 unspecified atom stereocenters. The lowest BCUT2D eigenvalue weighted by Crippen LogP contribution is -2.23. The van der Waals surface area contributed by atoms with E-state index in [0.29, 0.717) is 6.04 Å². The highest BCUT2D eigenvalue weighted by atomic mass is 14.9. The van der Waals surface area contributed by atoms with Crippen LogP contribution in [0.5, 0.6) is 0 Å². The molecule has 1 aromatic heterocycles. The Morgan fingerprint density at radius 1 is 1.16 bits per heavy atom. The third kappa shape index (κ3) is 4.18. The Bertz CT molecular complexity index is 476. The third-order valence-corrected chi connectivity index (χ3v) is 3.42. The van der Waals surface area contributed by atoms with Crippen LogP contribution in [0.3, 0.4) is 0 Å². The van der Waals surface area contributed by atoms with Gasteiger partial charge in [-0.25, -0.2) is 0 Å². The first kappa shape index (κ1) is 13.8. The molecule has 2 heteroatoms. The van der Waals surface area contributed by atoms with Crippen molar-refractivity contribution in [1.82, 2.24) is 10.3 Å².